The molecule has 0 aliphatic heterocycles. The van der Waals surface area contributed by atoms with Crippen molar-refractivity contribution in [3.63, 3.8) is 0 Å². The van der Waals surface area contributed by atoms with Crippen LogP contribution in [0.25, 0.3) is 0 Å². The second-order valence-corrected chi connectivity index (χ2v) is 16.5. The standard InChI is InChI=1S/C48H93NO5/c1-3-5-7-9-11-13-15-17-18-22-26-30-34-38-42-48(53)54-43-39-35-31-27-23-19-21-25-29-33-37-41-47(52)49-45(44-50)46(51)40-36-32-28-24-20-16-14-12-10-8-6-4-2/h36,40,45-46,50-51H,3-35,37-39,41-44H2,1-2H3,(H,49,52)/b40-36+. The third-order valence-corrected chi connectivity index (χ3v) is 11.1. The quantitative estimate of drug-likeness (QED) is 0.0326. The van der Waals surface area contributed by atoms with Gasteiger partial charge in [0.1, 0.15) is 0 Å². The van der Waals surface area contributed by atoms with Gasteiger partial charge in [0, 0.05) is 12.8 Å². The van der Waals surface area contributed by atoms with Gasteiger partial charge >= 0.3 is 5.97 Å². The predicted octanol–water partition coefficient (Wildman–Crippen LogP) is 13.8. The van der Waals surface area contributed by atoms with E-state index in [0.717, 1.165) is 57.8 Å². The number of amides is 1. The van der Waals surface area contributed by atoms with E-state index < -0.39 is 12.1 Å². The Balaban J connectivity index is 3.49. The predicted molar refractivity (Wildman–Crippen MR) is 232 cm³/mol. The van der Waals surface area contributed by atoms with Crippen LogP contribution in [0.5, 0.6) is 0 Å². The summed E-state index contributed by atoms with van der Waals surface area (Å²) in [5.74, 6) is -0.101. The Kier molecular flexibility index (Phi) is 43.2. The normalized spacial score (nSPS) is 12.7. The van der Waals surface area contributed by atoms with Crippen LogP contribution in [0.2, 0.25) is 0 Å². The van der Waals surface area contributed by atoms with Crippen LogP contribution in [0.3, 0.4) is 0 Å². The maximum Gasteiger partial charge on any atom is 0.305 e. The number of allylic oxidation sites excluding steroid dienone is 1. The lowest BCUT2D eigenvalue weighted by molar-refractivity contribution is -0.143. The number of aliphatic hydroxyl groups excluding tert-OH is 2. The summed E-state index contributed by atoms with van der Waals surface area (Å²) in [6.45, 7) is 4.85. The number of hydrogen-bond donors (Lipinski definition) is 3. The van der Waals surface area contributed by atoms with E-state index in [1.165, 1.54) is 173 Å². The molecule has 2 unspecified atom stereocenters. The van der Waals surface area contributed by atoms with Crippen LogP contribution < -0.4 is 5.32 Å². The highest BCUT2D eigenvalue weighted by molar-refractivity contribution is 5.76. The highest BCUT2D eigenvalue weighted by Gasteiger charge is 2.18. The van der Waals surface area contributed by atoms with Gasteiger partial charge in [-0.3, -0.25) is 9.59 Å². The molecule has 0 spiro atoms. The number of carbonyl (C=O) groups excluding carboxylic acids is 2. The van der Waals surface area contributed by atoms with Crippen molar-refractivity contribution in [1.82, 2.24) is 5.32 Å². The molecule has 0 aliphatic carbocycles. The molecular weight excluding hydrogens is 671 g/mol. The smallest absolute Gasteiger partial charge is 0.305 e. The van der Waals surface area contributed by atoms with E-state index in [0.29, 0.717) is 19.4 Å². The molecule has 0 aliphatic rings. The van der Waals surface area contributed by atoms with E-state index in [1.807, 2.05) is 6.08 Å². The van der Waals surface area contributed by atoms with Crippen molar-refractivity contribution in [2.45, 2.75) is 270 Å². The summed E-state index contributed by atoms with van der Waals surface area (Å²) in [5.41, 5.74) is 0. The minimum atomic E-state index is -0.854. The lowest BCUT2D eigenvalue weighted by Gasteiger charge is -2.20. The molecule has 0 aromatic heterocycles. The lowest BCUT2D eigenvalue weighted by atomic mass is 10.0. The minimum Gasteiger partial charge on any atom is -0.466 e. The maximum atomic E-state index is 12.4. The van der Waals surface area contributed by atoms with Crippen LogP contribution >= 0.6 is 0 Å². The molecule has 2 atom stereocenters. The molecule has 0 radical (unpaired) electrons. The molecular formula is C48H93NO5. The maximum absolute atomic E-state index is 12.4. The number of aliphatic hydroxyl groups is 2. The molecule has 0 saturated carbocycles. The molecule has 0 bridgehead atoms. The fraction of sp³-hybridized carbons (Fsp3) is 0.917. The van der Waals surface area contributed by atoms with Crippen molar-refractivity contribution in [2.75, 3.05) is 13.2 Å². The molecule has 3 N–H and O–H groups in total. The van der Waals surface area contributed by atoms with Crippen molar-refractivity contribution in [1.29, 1.82) is 0 Å². The Morgan fingerprint density at radius 3 is 1.26 bits per heavy atom. The van der Waals surface area contributed by atoms with E-state index >= 15 is 0 Å². The van der Waals surface area contributed by atoms with Crippen molar-refractivity contribution < 1.29 is 24.5 Å². The van der Waals surface area contributed by atoms with Crippen molar-refractivity contribution in [3.05, 3.63) is 12.2 Å². The molecule has 54 heavy (non-hydrogen) atoms. The van der Waals surface area contributed by atoms with Gasteiger partial charge in [0.05, 0.1) is 25.4 Å². The lowest BCUT2D eigenvalue weighted by Crippen LogP contribution is -2.45. The molecule has 0 heterocycles. The summed E-state index contributed by atoms with van der Waals surface area (Å²) in [4.78, 5) is 24.4. The van der Waals surface area contributed by atoms with Gasteiger partial charge in [-0.2, -0.15) is 0 Å². The van der Waals surface area contributed by atoms with Gasteiger partial charge in [-0.25, -0.2) is 0 Å². The largest absolute Gasteiger partial charge is 0.466 e. The van der Waals surface area contributed by atoms with Crippen LogP contribution in [0.15, 0.2) is 12.2 Å². The van der Waals surface area contributed by atoms with E-state index in [9.17, 15) is 19.8 Å². The highest BCUT2D eigenvalue weighted by Crippen LogP contribution is 2.16. The summed E-state index contributed by atoms with van der Waals surface area (Å²) in [7, 11) is 0. The van der Waals surface area contributed by atoms with Crippen LogP contribution in [-0.2, 0) is 14.3 Å². The Bertz CT molecular complexity index is 802. The topological polar surface area (TPSA) is 95.9 Å². The van der Waals surface area contributed by atoms with E-state index in [-0.39, 0.29) is 18.5 Å². The number of ether oxygens (including phenoxy) is 1. The van der Waals surface area contributed by atoms with E-state index in [4.69, 9.17) is 4.74 Å². The summed E-state index contributed by atoms with van der Waals surface area (Å²) in [6, 6.07) is -0.639. The molecule has 0 aromatic rings. The Hall–Kier alpha value is -1.40. The SMILES string of the molecule is CCCCCCCCCCCC/C=C/C(O)C(CO)NC(=O)CCCCCCCCCCCCCOC(=O)CCCCCCCCCCCCCCCC. The fourth-order valence-corrected chi connectivity index (χ4v) is 7.34. The van der Waals surface area contributed by atoms with Gasteiger partial charge in [-0.05, 0) is 32.1 Å². The molecule has 320 valence electrons. The van der Waals surface area contributed by atoms with Gasteiger partial charge in [0.2, 0.25) is 5.91 Å². The molecule has 6 nitrogen and oxygen atoms in total. The van der Waals surface area contributed by atoms with Crippen molar-refractivity contribution in [3.8, 4) is 0 Å². The number of rotatable bonds is 44. The number of nitrogens with one attached hydrogen (secondary N) is 1. The first-order valence-corrected chi connectivity index (χ1v) is 24.0. The van der Waals surface area contributed by atoms with Crippen molar-refractivity contribution >= 4 is 11.9 Å². The molecule has 0 rings (SSSR count). The molecule has 1 amide bonds. The first-order chi connectivity index (χ1) is 26.5. The van der Waals surface area contributed by atoms with Crippen LogP contribution in [0.1, 0.15) is 258 Å². The second-order valence-electron chi connectivity index (χ2n) is 16.5. The third-order valence-electron chi connectivity index (χ3n) is 11.1. The number of carbonyl (C=O) groups is 2. The van der Waals surface area contributed by atoms with Crippen LogP contribution in [0.4, 0.5) is 0 Å². The summed E-state index contributed by atoms with van der Waals surface area (Å²) in [6.07, 6.45) is 49.1. The first kappa shape index (κ1) is 52.6. The summed E-state index contributed by atoms with van der Waals surface area (Å²) in [5, 5.41) is 23.0. The van der Waals surface area contributed by atoms with Crippen molar-refractivity contribution in [2.24, 2.45) is 0 Å². The molecule has 0 saturated heterocycles. The number of esters is 1. The average molecular weight is 764 g/mol. The number of hydrogen-bond acceptors (Lipinski definition) is 5. The molecule has 0 aromatic carbocycles. The Morgan fingerprint density at radius 2 is 0.852 bits per heavy atom. The zero-order valence-corrected chi connectivity index (χ0v) is 36.2. The zero-order valence-electron chi connectivity index (χ0n) is 36.2. The van der Waals surface area contributed by atoms with Gasteiger partial charge < -0.3 is 20.3 Å². The molecule has 6 heteroatoms. The van der Waals surface area contributed by atoms with Gasteiger partial charge in [0.25, 0.3) is 0 Å². The Morgan fingerprint density at radius 1 is 0.500 bits per heavy atom. The van der Waals surface area contributed by atoms with E-state index in [1.54, 1.807) is 6.08 Å². The number of unbranched alkanes of at least 4 members (excludes halogenated alkanes) is 33. The third kappa shape index (κ3) is 40.3. The van der Waals surface area contributed by atoms with Crippen LogP contribution in [-0.4, -0.2) is 47.4 Å². The fourth-order valence-electron chi connectivity index (χ4n) is 7.34. The minimum absolute atomic E-state index is 0.0136. The summed E-state index contributed by atoms with van der Waals surface area (Å²) < 4.78 is 5.45. The van der Waals surface area contributed by atoms with Gasteiger partial charge in [0.15, 0.2) is 0 Å². The first-order valence-electron chi connectivity index (χ1n) is 24.0. The zero-order chi connectivity index (χ0) is 39.4. The van der Waals surface area contributed by atoms with Crippen LogP contribution in [0, 0.1) is 0 Å². The molecule has 0 fully saturated rings. The Labute approximate surface area is 336 Å². The summed E-state index contributed by atoms with van der Waals surface area (Å²) >= 11 is 0. The average Bonchev–Trinajstić information content (AvgIpc) is 3.17. The monoisotopic (exact) mass is 764 g/mol. The highest BCUT2D eigenvalue weighted by atomic mass is 16.5. The van der Waals surface area contributed by atoms with Gasteiger partial charge in [-0.15, -0.1) is 0 Å². The van der Waals surface area contributed by atoms with E-state index in [2.05, 4.69) is 19.2 Å². The van der Waals surface area contributed by atoms with Gasteiger partial charge in [-0.1, -0.05) is 225 Å². The second kappa shape index (κ2) is 44.3.